The number of carboxylic acids is 1. The van der Waals surface area contributed by atoms with Gasteiger partial charge in [-0.1, -0.05) is 12.1 Å². The van der Waals surface area contributed by atoms with E-state index < -0.39 is 11.9 Å². The van der Waals surface area contributed by atoms with Crippen LogP contribution in [0.4, 0.5) is 0 Å². The van der Waals surface area contributed by atoms with Gasteiger partial charge < -0.3 is 14.6 Å². The second-order valence-corrected chi connectivity index (χ2v) is 2.49. The summed E-state index contributed by atoms with van der Waals surface area (Å²) < 4.78 is 4.46. The van der Waals surface area contributed by atoms with Crippen LogP contribution >= 0.6 is 0 Å². The molecule has 4 nitrogen and oxygen atoms in total. The van der Waals surface area contributed by atoms with Gasteiger partial charge in [0.15, 0.2) is 5.97 Å². The highest BCUT2D eigenvalue weighted by Gasteiger charge is 2.04. The molecule has 1 aromatic rings. The zero-order valence-electron chi connectivity index (χ0n) is 6.94. The number of carboxylic acid groups (broad SMARTS) is 1. The van der Waals surface area contributed by atoms with Crippen LogP contribution in [-0.4, -0.2) is 11.9 Å². The van der Waals surface area contributed by atoms with Crippen molar-refractivity contribution in [3.63, 3.8) is 0 Å². The summed E-state index contributed by atoms with van der Waals surface area (Å²) >= 11 is 0. The second kappa shape index (κ2) is 3.71. The van der Waals surface area contributed by atoms with Gasteiger partial charge in [0.05, 0.1) is 0 Å². The smallest absolute Gasteiger partial charge is 0.359 e. The lowest BCUT2D eigenvalue weighted by Gasteiger charge is -2.04. The maximum atomic E-state index is 10.5. The van der Waals surface area contributed by atoms with Crippen LogP contribution in [0.3, 0.4) is 0 Å². The van der Waals surface area contributed by atoms with Gasteiger partial charge in [0.1, 0.15) is 5.75 Å². The number of aryl methyl sites for hydroxylation is 1. The van der Waals surface area contributed by atoms with E-state index in [2.05, 4.69) is 4.74 Å². The van der Waals surface area contributed by atoms with Crippen LogP contribution in [0.2, 0.25) is 0 Å². The van der Waals surface area contributed by atoms with Crippen molar-refractivity contribution in [3.8, 4) is 5.75 Å². The van der Waals surface area contributed by atoms with Crippen molar-refractivity contribution >= 4 is 11.9 Å². The molecule has 4 heteroatoms. The molecular weight excluding hydrogens is 172 g/mol. The quantitative estimate of drug-likeness (QED) is 0.336. The lowest BCUT2D eigenvalue weighted by molar-refractivity contribution is -0.302. The molecule has 0 spiro atoms. The van der Waals surface area contributed by atoms with Crippen molar-refractivity contribution in [2.24, 2.45) is 0 Å². The normalized spacial score (nSPS) is 9.31. The summed E-state index contributed by atoms with van der Waals surface area (Å²) in [4.78, 5) is 20.5. The molecule has 0 atom stereocenters. The molecule has 0 saturated heterocycles. The number of hydrogen-bond acceptors (Lipinski definition) is 4. The average molecular weight is 179 g/mol. The molecule has 1 aromatic carbocycles. The van der Waals surface area contributed by atoms with E-state index in [1.165, 1.54) is 6.07 Å². The number of rotatable bonds is 1. The van der Waals surface area contributed by atoms with E-state index in [1.54, 1.807) is 25.1 Å². The molecule has 0 bridgehead atoms. The van der Waals surface area contributed by atoms with Gasteiger partial charge in [-0.3, -0.25) is 0 Å². The molecule has 13 heavy (non-hydrogen) atoms. The zero-order chi connectivity index (χ0) is 9.84. The summed E-state index contributed by atoms with van der Waals surface area (Å²) in [6.45, 7) is 1.80. The third kappa shape index (κ3) is 2.59. The van der Waals surface area contributed by atoms with Crippen LogP contribution in [0.25, 0.3) is 0 Å². The lowest BCUT2D eigenvalue weighted by Crippen LogP contribution is -2.34. The average Bonchev–Trinajstić information content (AvgIpc) is 2.04. The van der Waals surface area contributed by atoms with Gasteiger partial charge >= 0.3 is 5.97 Å². The Hall–Kier alpha value is -1.84. The molecule has 0 unspecified atom stereocenters. The molecule has 0 aliphatic carbocycles. The van der Waals surface area contributed by atoms with Crippen molar-refractivity contribution in [1.82, 2.24) is 0 Å². The molecule has 0 radical (unpaired) electrons. The summed E-state index contributed by atoms with van der Waals surface area (Å²) in [6.07, 6.45) is 0. The Labute approximate surface area is 74.8 Å². The Morgan fingerprint density at radius 1 is 1.38 bits per heavy atom. The fraction of sp³-hybridized carbons (Fsp3) is 0.111. The van der Waals surface area contributed by atoms with Crippen molar-refractivity contribution < 1.29 is 19.4 Å². The van der Waals surface area contributed by atoms with E-state index in [1.807, 2.05) is 0 Å². The predicted molar refractivity (Wildman–Crippen MR) is 41.8 cm³/mol. The molecule has 0 heterocycles. The Balaban J connectivity index is 2.75. The molecule has 68 valence electrons. The molecule has 0 aromatic heterocycles. The number of carbonyl (C=O) groups is 2. The van der Waals surface area contributed by atoms with Crippen LogP contribution in [0, 0.1) is 6.92 Å². The maximum Gasteiger partial charge on any atom is 0.359 e. The van der Waals surface area contributed by atoms with Gasteiger partial charge in [0.25, 0.3) is 0 Å². The van der Waals surface area contributed by atoms with Crippen molar-refractivity contribution in [1.29, 1.82) is 0 Å². The van der Waals surface area contributed by atoms with Crippen molar-refractivity contribution in [2.45, 2.75) is 6.92 Å². The van der Waals surface area contributed by atoms with Gasteiger partial charge in [-0.2, -0.15) is 0 Å². The minimum Gasteiger partial charge on any atom is -0.539 e. The first-order chi connectivity index (χ1) is 6.09. The predicted octanol–water partition coefficient (Wildman–Crippen LogP) is -0.350. The van der Waals surface area contributed by atoms with Gasteiger partial charge in [0, 0.05) is 0 Å². The number of benzene rings is 1. The van der Waals surface area contributed by atoms with Crippen LogP contribution in [0.5, 0.6) is 5.75 Å². The fourth-order valence-corrected chi connectivity index (χ4v) is 0.828. The number of carbonyl (C=O) groups excluding carboxylic acids is 2. The van der Waals surface area contributed by atoms with Crippen LogP contribution < -0.4 is 9.84 Å². The molecule has 0 amide bonds. The van der Waals surface area contributed by atoms with Crippen LogP contribution in [0.15, 0.2) is 24.3 Å². The van der Waals surface area contributed by atoms with Gasteiger partial charge in [-0.15, -0.1) is 0 Å². The molecular formula is C9H7O4-. The summed E-state index contributed by atoms with van der Waals surface area (Å²) in [5.74, 6) is -3.03. The topological polar surface area (TPSA) is 66.4 Å². The van der Waals surface area contributed by atoms with E-state index in [9.17, 15) is 14.7 Å². The summed E-state index contributed by atoms with van der Waals surface area (Å²) in [6, 6.07) is 6.51. The third-order valence-corrected chi connectivity index (χ3v) is 1.37. The minimum atomic E-state index is -1.85. The highest BCUT2D eigenvalue weighted by molar-refractivity contribution is 6.28. The third-order valence-electron chi connectivity index (χ3n) is 1.37. The zero-order valence-corrected chi connectivity index (χ0v) is 6.94. The van der Waals surface area contributed by atoms with Crippen LogP contribution in [-0.2, 0) is 9.59 Å². The number of esters is 1. The summed E-state index contributed by atoms with van der Waals surface area (Å²) in [5, 5.41) is 10.0. The van der Waals surface area contributed by atoms with Gasteiger partial charge in [-0.25, -0.2) is 4.79 Å². The Bertz CT molecular complexity index is 343. The van der Waals surface area contributed by atoms with Gasteiger partial charge in [-0.05, 0) is 24.6 Å². The highest BCUT2D eigenvalue weighted by atomic mass is 16.6. The molecule has 0 aliphatic rings. The number of hydrogen-bond donors (Lipinski definition) is 0. The molecule has 0 fully saturated rings. The van der Waals surface area contributed by atoms with E-state index in [4.69, 9.17) is 0 Å². The van der Waals surface area contributed by atoms with Crippen molar-refractivity contribution in [3.05, 3.63) is 29.8 Å². The first-order valence-electron chi connectivity index (χ1n) is 3.59. The largest absolute Gasteiger partial charge is 0.539 e. The van der Waals surface area contributed by atoms with Gasteiger partial charge in [0.2, 0.25) is 0 Å². The summed E-state index contributed by atoms with van der Waals surface area (Å²) in [5.41, 5.74) is 0.878. The van der Waals surface area contributed by atoms with Crippen LogP contribution in [0.1, 0.15) is 5.56 Å². The van der Waals surface area contributed by atoms with E-state index in [0.29, 0.717) is 0 Å². The highest BCUT2D eigenvalue weighted by Crippen LogP contribution is 2.11. The number of ether oxygens (including phenoxy) is 1. The lowest BCUT2D eigenvalue weighted by atomic mass is 10.2. The molecule has 0 saturated carbocycles. The first kappa shape index (κ1) is 9.25. The second-order valence-electron chi connectivity index (χ2n) is 2.49. The summed E-state index contributed by atoms with van der Waals surface area (Å²) in [7, 11) is 0. The Morgan fingerprint density at radius 2 is 2.08 bits per heavy atom. The SMILES string of the molecule is Cc1cccc(OC(=O)C(=O)[O-])c1. The standard InChI is InChI=1S/C9H8O4/c1-6-3-2-4-7(5-6)13-9(12)8(10)11/h2-5H,1H3,(H,10,11)/p-1. The molecule has 1 rings (SSSR count). The van der Waals surface area contributed by atoms with E-state index >= 15 is 0 Å². The maximum absolute atomic E-state index is 10.5. The molecule has 0 N–H and O–H groups in total. The van der Waals surface area contributed by atoms with E-state index in [-0.39, 0.29) is 5.75 Å². The minimum absolute atomic E-state index is 0.203. The Kier molecular flexibility index (Phi) is 2.64. The number of aliphatic carboxylic acids is 1. The van der Waals surface area contributed by atoms with E-state index in [0.717, 1.165) is 5.56 Å². The molecule has 0 aliphatic heterocycles. The Morgan fingerprint density at radius 3 is 2.62 bits per heavy atom. The first-order valence-corrected chi connectivity index (χ1v) is 3.59. The van der Waals surface area contributed by atoms with Crippen molar-refractivity contribution in [2.75, 3.05) is 0 Å². The monoisotopic (exact) mass is 179 g/mol. The fourth-order valence-electron chi connectivity index (χ4n) is 0.828.